The number of tetrazole rings is 1. The molecule has 1 aromatic heterocycles. The van der Waals surface area contributed by atoms with Gasteiger partial charge in [0.25, 0.3) is 0 Å². The van der Waals surface area contributed by atoms with Gasteiger partial charge in [-0.3, -0.25) is 4.79 Å². The fourth-order valence-corrected chi connectivity index (χ4v) is 3.23. The summed E-state index contributed by atoms with van der Waals surface area (Å²) >= 11 is 6.18. The number of carbonyl (C=O) groups excluding carboxylic acids is 1. The Hall–Kier alpha value is -1.99. The number of carbonyl (C=O) groups is 1. The predicted molar refractivity (Wildman–Crippen MR) is 92.2 cm³/mol. The van der Waals surface area contributed by atoms with Gasteiger partial charge in [-0.05, 0) is 47.4 Å². The number of anilines is 1. The first-order valence-electron chi connectivity index (χ1n) is 8.19. The second-order valence-electron chi connectivity index (χ2n) is 6.22. The number of aromatic nitrogens is 4. The van der Waals surface area contributed by atoms with E-state index in [2.05, 4.69) is 33.1 Å². The molecule has 2 atom stereocenters. The second kappa shape index (κ2) is 7.72. The number of amides is 1. The molecule has 1 saturated carbocycles. The smallest absolute Gasteiger partial charge is 0.238 e. The molecule has 1 aliphatic rings. The molecule has 1 amide bonds. The normalized spacial score (nSPS) is 20.8. The molecule has 0 radical (unpaired) electrons. The molecule has 0 bridgehead atoms. The lowest BCUT2D eigenvalue weighted by molar-refractivity contribution is -0.115. The molecule has 0 spiro atoms. The Morgan fingerprint density at radius 1 is 1.38 bits per heavy atom. The van der Waals surface area contributed by atoms with Crippen LogP contribution in [0.2, 0.25) is 5.02 Å². The summed E-state index contributed by atoms with van der Waals surface area (Å²) in [4.78, 5) is 12.2. The summed E-state index contributed by atoms with van der Waals surface area (Å²) in [5.74, 6) is 0.502. The van der Waals surface area contributed by atoms with E-state index in [1.807, 2.05) is 0 Å². The summed E-state index contributed by atoms with van der Waals surface area (Å²) < 4.78 is 1.51. The van der Waals surface area contributed by atoms with E-state index >= 15 is 0 Å². The minimum atomic E-state index is -0.108. The summed E-state index contributed by atoms with van der Waals surface area (Å²) in [6.45, 7) is 2.52. The lowest BCUT2D eigenvalue weighted by Gasteiger charge is -2.29. The molecular weight excluding hydrogens is 328 g/mol. The zero-order chi connectivity index (χ0) is 16.9. The third-order valence-electron chi connectivity index (χ3n) is 4.47. The number of benzene rings is 1. The van der Waals surface area contributed by atoms with Crippen LogP contribution in [0.25, 0.3) is 5.69 Å². The molecule has 1 heterocycles. The van der Waals surface area contributed by atoms with Gasteiger partial charge in [0.1, 0.15) is 6.33 Å². The Kier molecular flexibility index (Phi) is 5.42. The van der Waals surface area contributed by atoms with E-state index in [0.29, 0.717) is 22.7 Å². The Bertz CT molecular complexity index is 690. The van der Waals surface area contributed by atoms with Crippen LogP contribution in [0.15, 0.2) is 24.5 Å². The van der Waals surface area contributed by atoms with E-state index in [1.54, 1.807) is 18.2 Å². The number of nitrogens with one attached hydrogen (secondary N) is 2. The predicted octanol–water partition coefficient (Wildman–Crippen LogP) is 2.42. The number of halogens is 1. The first kappa shape index (κ1) is 16.9. The SMILES string of the molecule is C[C@H]1CCCC[C@H]1NCC(=O)Nc1cc(-n2cnnn2)ccc1Cl. The highest BCUT2D eigenvalue weighted by Crippen LogP contribution is 2.25. The lowest BCUT2D eigenvalue weighted by atomic mass is 9.86. The second-order valence-corrected chi connectivity index (χ2v) is 6.62. The molecule has 2 N–H and O–H groups in total. The minimum absolute atomic E-state index is 0.108. The number of hydrogen-bond acceptors (Lipinski definition) is 5. The van der Waals surface area contributed by atoms with Gasteiger partial charge in [0, 0.05) is 6.04 Å². The van der Waals surface area contributed by atoms with Crippen LogP contribution in [-0.4, -0.2) is 38.7 Å². The fraction of sp³-hybridized carbons (Fsp3) is 0.500. The molecular formula is C16H21ClN6O. The van der Waals surface area contributed by atoms with Crippen molar-refractivity contribution in [1.29, 1.82) is 0 Å². The van der Waals surface area contributed by atoms with Crippen molar-refractivity contribution in [1.82, 2.24) is 25.5 Å². The molecule has 1 aromatic carbocycles. The summed E-state index contributed by atoms with van der Waals surface area (Å²) in [7, 11) is 0. The van der Waals surface area contributed by atoms with Crippen LogP contribution in [0.3, 0.4) is 0 Å². The first-order valence-corrected chi connectivity index (χ1v) is 8.57. The third kappa shape index (κ3) is 4.10. The first-order chi connectivity index (χ1) is 11.6. The van der Waals surface area contributed by atoms with E-state index in [9.17, 15) is 4.79 Å². The van der Waals surface area contributed by atoms with E-state index < -0.39 is 0 Å². The summed E-state index contributed by atoms with van der Waals surface area (Å²) in [6, 6.07) is 5.66. The van der Waals surface area contributed by atoms with Crippen molar-refractivity contribution in [2.45, 2.75) is 38.6 Å². The van der Waals surface area contributed by atoms with Crippen molar-refractivity contribution in [3.63, 3.8) is 0 Å². The van der Waals surface area contributed by atoms with Gasteiger partial charge in [-0.1, -0.05) is 31.4 Å². The number of nitrogens with zero attached hydrogens (tertiary/aromatic N) is 4. The molecule has 0 unspecified atom stereocenters. The highest BCUT2D eigenvalue weighted by atomic mass is 35.5. The molecule has 24 heavy (non-hydrogen) atoms. The molecule has 3 rings (SSSR count). The van der Waals surface area contributed by atoms with Gasteiger partial charge in [-0.15, -0.1) is 5.10 Å². The summed E-state index contributed by atoms with van der Waals surface area (Å²) in [6.07, 6.45) is 6.35. The van der Waals surface area contributed by atoms with Gasteiger partial charge in [-0.2, -0.15) is 0 Å². The van der Waals surface area contributed by atoms with Gasteiger partial charge >= 0.3 is 0 Å². The summed E-state index contributed by atoms with van der Waals surface area (Å²) in [5, 5.41) is 17.7. The van der Waals surface area contributed by atoms with Crippen LogP contribution in [0.1, 0.15) is 32.6 Å². The van der Waals surface area contributed by atoms with E-state index in [-0.39, 0.29) is 12.5 Å². The fourth-order valence-electron chi connectivity index (χ4n) is 3.07. The lowest BCUT2D eigenvalue weighted by Crippen LogP contribution is -2.41. The largest absolute Gasteiger partial charge is 0.324 e. The molecule has 128 valence electrons. The zero-order valence-electron chi connectivity index (χ0n) is 13.6. The average Bonchev–Trinajstić information content (AvgIpc) is 3.11. The molecule has 1 fully saturated rings. The van der Waals surface area contributed by atoms with Crippen molar-refractivity contribution >= 4 is 23.2 Å². The van der Waals surface area contributed by atoms with Crippen molar-refractivity contribution in [2.75, 3.05) is 11.9 Å². The Balaban J connectivity index is 1.60. The van der Waals surface area contributed by atoms with Gasteiger partial charge in [-0.25, -0.2) is 4.68 Å². The van der Waals surface area contributed by atoms with Crippen LogP contribution in [0.4, 0.5) is 5.69 Å². The zero-order valence-corrected chi connectivity index (χ0v) is 14.3. The van der Waals surface area contributed by atoms with Crippen molar-refractivity contribution in [3.8, 4) is 5.69 Å². The van der Waals surface area contributed by atoms with Crippen LogP contribution in [0.5, 0.6) is 0 Å². The van der Waals surface area contributed by atoms with Crippen LogP contribution < -0.4 is 10.6 Å². The number of rotatable bonds is 5. The Morgan fingerprint density at radius 3 is 2.96 bits per heavy atom. The maximum Gasteiger partial charge on any atom is 0.238 e. The highest BCUT2D eigenvalue weighted by molar-refractivity contribution is 6.33. The van der Waals surface area contributed by atoms with Gasteiger partial charge < -0.3 is 10.6 Å². The van der Waals surface area contributed by atoms with Gasteiger partial charge in [0.2, 0.25) is 5.91 Å². The quantitative estimate of drug-likeness (QED) is 0.866. The van der Waals surface area contributed by atoms with Crippen molar-refractivity contribution in [2.24, 2.45) is 5.92 Å². The summed E-state index contributed by atoms with van der Waals surface area (Å²) in [5.41, 5.74) is 1.28. The molecule has 8 heteroatoms. The van der Waals surface area contributed by atoms with Gasteiger partial charge in [0.15, 0.2) is 0 Å². The minimum Gasteiger partial charge on any atom is -0.324 e. The highest BCUT2D eigenvalue weighted by Gasteiger charge is 2.21. The Labute approximate surface area is 145 Å². The van der Waals surface area contributed by atoms with Crippen LogP contribution in [0, 0.1) is 5.92 Å². The average molecular weight is 349 g/mol. The van der Waals surface area contributed by atoms with Crippen molar-refractivity contribution < 1.29 is 4.79 Å². The van der Waals surface area contributed by atoms with Gasteiger partial charge in [0.05, 0.1) is 22.9 Å². The maximum absolute atomic E-state index is 12.2. The molecule has 0 aliphatic heterocycles. The van der Waals surface area contributed by atoms with E-state index in [1.165, 1.54) is 30.3 Å². The third-order valence-corrected chi connectivity index (χ3v) is 4.80. The monoisotopic (exact) mass is 348 g/mol. The molecule has 7 nitrogen and oxygen atoms in total. The maximum atomic E-state index is 12.2. The molecule has 0 saturated heterocycles. The standard InChI is InChI=1S/C16H21ClN6O/c1-11-4-2-3-5-14(11)18-9-16(24)20-15-8-12(6-7-13(15)17)23-10-19-21-22-23/h6-8,10-11,14,18H,2-5,9H2,1H3,(H,20,24)/t11-,14+/m0/s1. The molecule has 1 aliphatic carbocycles. The molecule has 2 aromatic rings. The van der Waals surface area contributed by atoms with Crippen LogP contribution >= 0.6 is 11.6 Å². The van der Waals surface area contributed by atoms with E-state index in [4.69, 9.17) is 11.6 Å². The van der Waals surface area contributed by atoms with E-state index in [0.717, 1.165) is 12.1 Å². The van der Waals surface area contributed by atoms with Crippen molar-refractivity contribution in [3.05, 3.63) is 29.5 Å². The topological polar surface area (TPSA) is 84.7 Å². The van der Waals surface area contributed by atoms with Crippen LogP contribution in [-0.2, 0) is 4.79 Å². The number of hydrogen-bond donors (Lipinski definition) is 2. The Morgan fingerprint density at radius 2 is 2.21 bits per heavy atom.